The molecule has 13 heavy (non-hydrogen) atoms. The molecule has 4 nitrogen and oxygen atoms in total. The van der Waals surface area contributed by atoms with E-state index < -0.39 is 6.23 Å². The van der Waals surface area contributed by atoms with Crippen LogP contribution in [0.25, 0.3) is 0 Å². The summed E-state index contributed by atoms with van der Waals surface area (Å²) in [6.07, 6.45) is 2.37. The Labute approximate surface area is 89.7 Å². The van der Waals surface area contributed by atoms with Crippen molar-refractivity contribution >= 4 is 27.5 Å². The largest absolute Gasteiger partial charge is 0.374 e. The molecule has 0 saturated heterocycles. The van der Waals surface area contributed by atoms with Crippen LogP contribution in [0.15, 0.2) is 23.4 Å². The zero-order valence-electron chi connectivity index (χ0n) is 6.74. The summed E-state index contributed by atoms with van der Waals surface area (Å²) in [5.41, 5.74) is 8.87. The minimum Gasteiger partial charge on any atom is -0.374 e. The third kappa shape index (κ3) is 2.45. The van der Waals surface area contributed by atoms with Gasteiger partial charge in [0.25, 0.3) is 0 Å². The lowest BCUT2D eigenvalue weighted by Crippen LogP contribution is -2.35. The van der Waals surface area contributed by atoms with Crippen LogP contribution in [0.5, 0.6) is 0 Å². The SMILES string of the molecule is NNC1=CC(Br)C(Cl)C=C1C(N)O. The number of nitrogens with one attached hydrogen (secondary N) is 1. The van der Waals surface area contributed by atoms with Gasteiger partial charge >= 0.3 is 0 Å². The van der Waals surface area contributed by atoms with Gasteiger partial charge in [0.05, 0.1) is 15.9 Å². The number of allylic oxidation sites excluding steroid dienone is 2. The first-order chi connectivity index (χ1) is 6.06. The molecule has 0 fully saturated rings. The number of hydrogen-bond acceptors (Lipinski definition) is 4. The highest BCUT2D eigenvalue weighted by molar-refractivity contribution is 9.09. The zero-order chi connectivity index (χ0) is 10.0. The van der Waals surface area contributed by atoms with Gasteiger partial charge in [-0.1, -0.05) is 22.0 Å². The van der Waals surface area contributed by atoms with Gasteiger partial charge in [-0.25, -0.2) is 0 Å². The van der Waals surface area contributed by atoms with E-state index in [1.54, 1.807) is 12.2 Å². The number of alkyl halides is 2. The molecule has 6 heteroatoms. The molecule has 1 rings (SSSR count). The van der Waals surface area contributed by atoms with E-state index in [9.17, 15) is 5.11 Å². The molecule has 3 atom stereocenters. The third-order valence-corrected chi connectivity index (χ3v) is 3.29. The molecule has 3 unspecified atom stereocenters. The maximum atomic E-state index is 9.18. The van der Waals surface area contributed by atoms with Crippen LogP contribution >= 0.6 is 27.5 Å². The van der Waals surface area contributed by atoms with E-state index in [1.165, 1.54) is 0 Å². The second-order valence-corrected chi connectivity index (χ2v) is 4.24. The van der Waals surface area contributed by atoms with Crippen molar-refractivity contribution in [1.29, 1.82) is 0 Å². The van der Waals surface area contributed by atoms with Crippen molar-refractivity contribution in [2.75, 3.05) is 0 Å². The molecular formula is C7H11BrClN3O. The summed E-state index contributed by atoms with van der Waals surface area (Å²) in [6.45, 7) is 0. The summed E-state index contributed by atoms with van der Waals surface area (Å²) in [4.78, 5) is -0.0114. The maximum Gasteiger partial charge on any atom is 0.130 e. The van der Waals surface area contributed by atoms with Crippen LogP contribution in [0.4, 0.5) is 0 Å². The van der Waals surface area contributed by atoms with Gasteiger partial charge in [0.1, 0.15) is 6.23 Å². The Morgan fingerprint density at radius 2 is 2.23 bits per heavy atom. The average Bonchev–Trinajstić information content (AvgIpc) is 2.08. The predicted molar refractivity (Wildman–Crippen MR) is 56.0 cm³/mol. The molecule has 0 radical (unpaired) electrons. The molecule has 0 saturated carbocycles. The van der Waals surface area contributed by atoms with Crippen LogP contribution in [-0.2, 0) is 0 Å². The second kappa shape index (κ2) is 4.43. The Balaban J connectivity index is 2.92. The number of hydrogen-bond donors (Lipinski definition) is 4. The monoisotopic (exact) mass is 267 g/mol. The fraction of sp³-hybridized carbons (Fsp3) is 0.429. The third-order valence-electron chi connectivity index (χ3n) is 1.75. The lowest BCUT2D eigenvalue weighted by atomic mass is 10.0. The fourth-order valence-corrected chi connectivity index (χ4v) is 1.72. The van der Waals surface area contributed by atoms with Gasteiger partial charge in [0.2, 0.25) is 0 Å². The van der Waals surface area contributed by atoms with E-state index in [0.29, 0.717) is 11.3 Å². The highest BCUT2D eigenvalue weighted by atomic mass is 79.9. The van der Waals surface area contributed by atoms with Crippen molar-refractivity contribution < 1.29 is 5.11 Å². The normalized spacial score (nSPS) is 30.5. The molecule has 0 heterocycles. The van der Waals surface area contributed by atoms with E-state index >= 15 is 0 Å². The van der Waals surface area contributed by atoms with Crippen LogP contribution in [0, 0.1) is 0 Å². The number of aliphatic hydroxyl groups excluding tert-OH is 1. The van der Waals surface area contributed by atoms with E-state index in [2.05, 4.69) is 21.4 Å². The molecule has 0 spiro atoms. The molecule has 0 aromatic rings. The molecule has 0 bridgehead atoms. The van der Waals surface area contributed by atoms with Crippen LogP contribution in [-0.4, -0.2) is 21.5 Å². The van der Waals surface area contributed by atoms with E-state index in [1.807, 2.05) is 0 Å². The first-order valence-electron chi connectivity index (χ1n) is 3.68. The minimum absolute atomic E-state index is 0.0114. The summed E-state index contributed by atoms with van der Waals surface area (Å²) < 4.78 is 0. The topological polar surface area (TPSA) is 84.3 Å². The number of halogens is 2. The zero-order valence-corrected chi connectivity index (χ0v) is 9.09. The lowest BCUT2D eigenvalue weighted by molar-refractivity contribution is 0.219. The van der Waals surface area contributed by atoms with E-state index in [-0.39, 0.29) is 10.2 Å². The highest BCUT2D eigenvalue weighted by Gasteiger charge is 2.23. The maximum absolute atomic E-state index is 9.18. The number of rotatable bonds is 2. The van der Waals surface area contributed by atoms with Crippen molar-refractivity contribution in [3.63, 3.8) is 0 Å². The van der Waals surface area contributed by atoms with Gasteiger partial charge < -0.3 is 16.3 Å². The number of aliphatic hydroxyl groups is 1. The lowest BCUT2D eigenvalue weighted by Gasteiger charge is -2.23. The highest BCUT2D eigenvalue weighted by Crippen LogP contribution is 2.26. The Morgan fingerprint density at radius 3 is 2.69 bits per heavy atom. The van der Waals surface area contributed by atoms with E-state index in [0.717, 1.165) is 0 Å². The van der Waals surface area contributed by atoms with Gasteiger partial charge in [-0.3, -0.25) is 5.84 Å². The predicted octanol–water partition coefficient (Wildman–Crippen LogP) is -0.0784. The number of hydrazine groups is 1. The standard InChI is InChI=1S/C7H11BrClN3O/c8-4-2-6(12-11)3(7(10)13)1-5(4)9/h1-2,4-5,7,12-13H,10-11H2. The van der Waals surface area contributed by atoms with Gasteiger partial charge in [0, 0.05) is 5.57 Å². The Bertz CT molecular complexity index is 254. The molecule has 1 aliphatic rings. The Morgan fingerprint density at radius 1 is 1.62 bits per heavy atom. The number of nitrogens with two attached hydrogens (primary N) is 2. The van der Waals surface area contributed by atoms with Gasteiger partial charge in [-0.2, -0.15) is 0 Å². The van der Waals surface area contributed by atoms with E-state index in [4.69, 9.17) is 23.2 Å². The summed E-state index contributed by atoms with van der Waals surface area (Å²) >= 11 is 9.27. The molecular weight excluding hydrogens is 257 g/mol. The van der Waals surface area contributed by atoms with Crippen LogP contribution in [0.1, 0.15) is 0 Å². The van der Waals surface area contributed by atoms with Crippen LogP contribution in [0.2, 0.25) is 0 Å². The molecule has 6 N–H and O–H groups in total. The van der Waals surface area contributed by atoms with Crippen molar-refractivity contribution in [3.8, 4) is 0 Å². The first-order valence-corrected chi connectivity index (χ1v) is 5.03. The van der Waals surface area contributed by atoms with Crippen molar-refractivity contribution in [3.05, 3.63) is 23.4 Å². The fourth-order valence-electron chi connectivity index (χ4n) is 1.09. The van der Waals surface area contributed by atoms with Gasteiger partial charge in [-0.05, 0) is 6.08 Å². The average molecular weight is 269 g/mol. The summed E-state index contributed by atoms with van der Waals surface area (Å²) in [5, 5.41) is 8.95. The van der Waals surface area contributed by atoms with Crippen molar-refractivity contribution in [1.82, 2.24) is 5.43 Å². The van der Waals surface area contributed by atoms with Crippen LogP contribution < -0.4 is 17.0 Å². The summed E-state index contributed by atoms with van der Waals surface area (Å²) in [5.74, 6) is 5.25. The smallest absolute Gasteiger partial charge is 0.130 e. The van der Waals surface area contributed by atoms with Crippen molar-refractivity contribution in [2.24, 2.45) is 11.6 Å². The molecule has 74 valence electrons. The molecule has 0 aliphatic heterocycles. The Hall–Kier alpha value is -0.0700. The molecule has 0 aromatic carbocycles. The van der Waals surface area contributed by atoms with Crippen molar-refractivity contribution in [2.45, 2.75) is 16.4 Å². The van der Waals surface area contributed by atoms with Crippen LogP contribution in [0.3, 0.4) is 0 Å². The van der Waals surface area contributed by atoms with Gasteiger partial charge in [0.15, 0.2) is 0 Å². The first kappa shape index (κ1) is 11.0. The van der Waals surface area contributed by atoms with Gasteiger partial charge in [-0.15, -0.1) is 11.6 Å². The quantitative estimate of drug-likeness (QED) is 0.244. The summed E-state index contributed by atoms with van der Waals surface area (Å²) in [6, 6.07) is 0. The molecule has 1 aliphatic carbocycles. The second-order valence-electron chi connectivity index (χ2n) is 2.68. The summed E-state index contributed by atoms with van der Waals surface area (Å²) in [7, 11) is 0. The Kier molecular flexibility index (Phi) is 3.75. The molecule has 0 amide bonds. The molecule has 0 aromatic heterocycles. The minimum atomic E-state index is -1.07.